The maximum absolute atomic E-state index is 12.8. The van der Waals surface area contributed by atoms with Crippen LogP contribution in [0.5, 0.6) is 0 Å². The number of carbonyl (C=O) groups is 1. The maximum atomic E-state index is 12.8. The van der Waals surface area contributed by atoms with Gasteiger partial charge in [0.15, 0.2) is 0 Å². The minimum absolute atomic E-state index is 0.198. The average Bonchev–Trinajstić information content (AvgIpc) is 2.63. The summed E-state index contributed by atoms with van der Waals surface area (Å²) in [7, 11) is 0. The Labute approximate surface area is 152 Å². The SMILES string of the molecule is O=C(Cn1cccc(C(F)(F)F)c1=O)NC1CCCN(c2ncccn2)C1. The Balaban J connectivity index is 1.64. The molecule has 1 atom stereocenters. The van der Waals surface area contributed by atoms with Crippen molar-refractivity contribution in [3.05, 3.63) is 52.7 Å². The van der Waals surface area contributed by atoms with E-state index in [1.807, 2.05) is 4.90 Å². The van der Waals surface area contributed by atoms with E-state index in [-0.39, 0.29) is 6.04 Å². The van der Waals surface area contributed by atoms with Crippen LogP contribution in [0.4, 0.5) is 19.1 Å². The molecule has 1 aliphatic heterocycles. The lowest BCUT2D eigenvalue weighted by molar-refractivity contribution is -0.139. The predicted molar refractivity (Wildman–Crippen MR) is 91.1 cm³/mol. The summed E-state index contributed by atoms with van der Waals surface area (Å²) in [6.07, 6.45) is 1.21. The third-order valence-corrected chi connectivity index (χ3v) is 4.26. The van der Waals surface area contributed by atoms with Crippen molar-refractivity contribution in [1.82, 2.24) is 19.9 Å². The van der Waals surface area contributed by atoms with Gasteiger partial charge in [-0.2, -0.15) is 13.2 Å². The second-order valence-corrected chi connectivity index (χ2v) is 6.25. The Morgan fingerprint density at radius 2 is 2.00 bits per heavy atom. The summed E-state index contributed by atoms with van der Waals surface area (Å²) < 4.78 is 39.2. The molecule has 1 aliphatic rings. The first-order valence-corrected chi connectivity index (χ1v) is 8.42. The molecule has 0 saturated carbocycles. The Morgan fingerprint density at radius 1 is 1.26 bits per heavy atom. The van der Waals surface area contributed by atoms with Gasteiger partial charge in [-0.05, 0) is 31.0 Å². The Bertz CT molecular complexity index is 854. The van der Waals surface area contributed by atoms with E-state index in [1.54, 1.807) is 18.5 Å². The number of carbonyl (C=O) groups excluding carboxylic acids is 1. The van der Waals surface area contributed by atoms with Gasteiger partial charge in [-0.3, -0.25) is 9.59 Å². The van der Waals surface area contributed by atoms with Gasteiger partial charge in [-0.25, -0.2) is 9.97 Å². The molecule has 27 heavy (non-hydrogen) atoms. The van der Waals surface area contributed by atoms with Gasteiger partial charge in [-0.15, -0.1) is 0 Å². The summed E-state index contributed by atoms with van der Waals surface area (Å²) in [6, 6.07) is 3.32. The van der Waals surface area contributed by atoms with Crippen LogP contribution in [0.15, 0.2) is 41.6 Å². The predicted octanol–water partition coefficient (Wildman–Crippen LogP) is 1.44. The van der Waals surface area contributed by atoms with Crippen LogP contribution in [0.1, 0.15) is 18.4 Å². The lowest BCUT2D eigenvalue weighted by Crippen LogP contribution is -2.49. The van der Waals surface area contributed by atoms with Crippen molar-refractivity contribution >= 4 is 11.9 Å². The highest BCUT2D eigenvalue weighted by Crippen LogP contribution is 2.26. The van der Waals surface area contributed by atoms with E-state index >= 15 is 0 Å². The molecule has 1 amide bonds. The van der Waals surface area contributed by atoms with E-state index in [1.165, 1.54) is 6.20 Å². The molecule has 144 valence electrons. The molecule has 3 heterocycles. The number of hydrogen-bond donors (Lipinski definition) is 1. The monoisotopic (exact) mass is 381 g/mol. The number of amides is 1. The van der Waals surface area contributed by atoms with Crippen molar-refractivity contribution in [3.8, 4) is 0 Å². The number of anilines is 1. The van der Waals surface area contributed by atoms with Crippen molar-refractivity contribution in [2.24, 2.45) is 0 Å². The van der Waals surface area contributed by atoms with Gasteiger partial charge >= 0.3 is 6.18 Å². The fraction of sp³-hybridized carbons (Fsp3) is 0.412. The summed E-state index contributed by atoms with van der Waals surface area (Å²) in [6.45, 7) is 0.776. The molecule has 1 unspecified atom stereocenters. The normalized spacial score (nSPS) is 17.6. The van der Waals surface area contributed by atoms with Gasteiger partial charge in [0, 0.05) is 37.7 Å². The minimum atomic E-state index is -4.75. The first-order chi connectivity index (χ1) is 12.8. The van der Waals surface area contributed by atoms with Crippen molar-refractivity contribution in [2.75, 3.05) is 18.0 Å². The smallest absolute Gasteiger partial charge is 0.350 e. The zero-order valence-electron chi connectivity index (χ0n) is 14.3. The molecular formula is C17H18F3N5O2. The molecular weight excluding hydrogens is 363 g/mol. The molecule has 0 bridgehead atoms. The highest BCUT2D eigenvalue weighted by molar-refractivity contribution is 5.76. The molecule has 1 N–H and O–H groups in total. The number of nitrogens with zero attached hydrogens (tertiary/aromatic N) is 4. The summed E-state index contributed by atoms with van der Waals surface area (Å²) in [5.41, 5.74) is -2.52. The van der Waals surface area contributed by atoms with Crippen LogP contribution in [-0.4, -0.2) is 39.6 Å². The van der Waals surface area contributed by atoms with E-state index in [2.05, 4.69) is 15.3 Å². The standard InChI is InChI=1S/C17H18F3N5O2/c18-17(19,20)13-5-2-8-24(15(13)27)11-14(26)23-12-4-1-9-25(10-12)16-21-6-3-7-22-16/h2-3,5-8,12H,1,4,9-11H2,(H,23,26). The van der Waals surface area contributed by atoms with E-state index in [9.17, 15) is 22.8 Å². The first kappa shape index (κ1) is 18.9. The molecule has 3 rings (SSSR count). The van der Waals surface area contributed by atoms with Gasteiger partial charge < -0.3 is 14.8 Å². The van der Waals surface area contributed by atoms with Gasteiger partial charge in [0.2, 0.25) is 11.9 Å². The Morgan fingerprint density at radius 3 is 2.70 bits per heavy atom. The molecule has 2 aromatic rings. The van der Waals surface area contributed by atoms with E-state index < -0.39 is 29.8 Å². The van der Waals surface area contributed by atoms with E-state index in [0.29, 0.717) is 18.6 Å². The van der Waals surface area contributed by atoms with Crippen molar-refractivity contribution in [2.45, 2.75) is 31.6 Å². The largest absolute Gasteiger partial charge is 0.421 e. The van der Waals surface area contributed by atoms with Gasteiger partial charge in [0.05, 0.1) is 0 Å². The number of aromatic nitrogens is 3. The molecule has 7 nitrogen and oxygen atoms in total. The molecule has 0 aromatic carbocycles. The Kier molecular flexibility index (Phi) is 5.43. The van der Waals surface area contributed by atoms with Gasteiger partial charge in [0.25, 0.3) is 5.56 Å². The second-order valence-electron chi connectivity index (χ2n) is 6.25. The van der Waals surface area contributed by atoms with Crippen LogP contribution < -0.4 is 15.8 Å². The number of nitrogens with one attached hydrogen (secondary N) is 1. The third-order valence-electron chi connectivity index (χ3n) is 4.26. The molecule has 1 fully saturated rings. The minimum Gasteiger partial charge on any atom is -0.350 e. The fourth-order valence-electron chi connectivity index (χ4n) is 3.04. The third kappa shape index (κ3) is 4.63. The number of pyridine rings is 1. The summed E-state index contributed by atoms with van der Waals surface area (Å²) in [4.78, 5) is 34.4. The van der Waals surface area contributed by atoms with Crippen LogP contribution in [0.3, 0.4) is 0 Å². The highest BCUT2D eigenvalue weighted by atomic mass is 19.4. The number of hydrogen-bond acceptors (Lipinski definition) is 5. The molecule has 1 saturated heterocycles. The van der Waals surface area contributed by atoms with E-state index in [4.69, 9.17) is 0 Å². The molecule has 10 heteroatoms. The molecule has 0 aliphatic carbocycles. The number of halogens is 3. The summed E-state index contributed by atoms with van der Waals surface area (Å²) >= 11 is 0. The fourth-order valence-corrected chi connectivity index (χ4v) is 3.04. The van der Waals surface area contributed by atoms with Gasteiger partial charge in [0.1, 0.15) is 12.1 Å². The van der Waals surface area contributed by atoms with Crippen LogP contribution in [0.25, 0.3) is 0 Å². The van der Waals surface area contributed by atoms with E-state index in [0.717, 1.165) is 30.0 Å². The number of piperidine rings is 1. The van der Waals surface area contributed by atoms with Crippen LogP contribution in [0.2, 0.25) is 0 Å². The average molecular weight is 381 g/mol. The van der Waals surface area contributed by atoms with Crippen molar-refractivity contribution in [1.29, 1.82) is 0 Å². The Hall–Kier alpha value is -2.91. The first-order valence-electron chi connectivity index (χ1n) is 8.42. The lowest BCUT2D eigenvalue weighted by Gasteiger charge is -2.33. The second kappa shape index (κ2) is 7.77. The summed E-state index contributed by atoms with van der Waals surface area (Å²) in [5, 5.41) is 2.78. The molecule has 2 aromatic heterocycles. The van der Waals surface area contributed by atoms with Crippen LogP contribution in [0, 0.1) is 0 Å². The van der Waals surface area contributed by atoms with Crippen molar-refractivity contribution < 1.29 is 18.0 Å². The van der Waals surface area contributed by atoms with Gasteiger partial charge in [-0.1, -0.05) is 0 Å². The number of alkyl halides is 3. The zero-order chi connectivity index (χ0) is 19.4. The molecule has 0 spiro atoms. The quantitative estimate of drug-likeness (QED) is 0.867. The highest BCUT2D eigenvalue weighted by Gasteiger charge is 2.34. The molecule has 0 radical (unpaired) electrons. The lowest BCUT2D eigenvalue weighted by atomic mass is 10.1. The zero-order valence-corrected chi connectivity index (χ0v) is 14.3. The van der Waals surface area contributed by atoms with Crippen molar-refractivity contribution in [3.63, 3.8) is 0 Å². The maximum Gasteiger partial charge on any atom is 0.421 e. The number of rotatable bonds is 4. The topological polar surface area (TPSA) is 80.1 Å². The van der Waals surface area contributed by atoms with Crippen LogP contribution >= 0.6 is 0 Å². The summed E-state index contributed by atoms with van der Waals surface area (Å²) in [5.74, 6) is 0.0443. The van der Waals surface area contributed by atoms with Crippen LogP contribution in [-0.2, 0) is 17.5 Å².